The van der Waals surface area contributed by atoms with Gasteiger partial charge >= 0.3 is 0 Å². The number of carbonyl (C=O) groups is 1. The van der Waals surface area contributed by atoms with Crippen molar-refractivity contribution in [3.05, 3.63) is 33.8 Å². The van der Waals surface area contributed by atoms with Crippen molar-refractivity contribution in [1.29, 1.82) is 0 Å². The van der Waals surface area contributed by atoms with E-state index in [1.54, 1.807) is 12.1 Å². The van der Waals surface area contributed by atoms with Crippen molar-refractivity contribution in [3.63, 3.8) is 0 Å². The third-order valence-electron chi connectivity index (χ3n) is 4.09. The highest BCUT2D eigenvalue weighted by atomic mass is 35.5. The second kappa shape index (κ2) is 8.16. The summed E-state index contributed by atoms with van der Waals surface area (Å²) in [6.45, 7) is 9.56. The quantitative estimate of drug-likeness (QED) is 0.892. The molecular formula is C16H23Cl2N3O. The smallest absolute Gasteiger partial charge is 0.234 e. The van der Waals surface area contributed by atoms with Gasteiger partial charge in [-0.3, -0.25) is 9.69 Å². The Morgan fingerprint density at radius 3 is 2.45 bits per heavy atom. The fourth-order valence-electron chi connectivity index (χ4n) is 2.68. The van der Waals surface area contributed by atoms with Crippen LogP contribution in [0.3, 0.4) is 0 Å². The number of nitrogens with one attached hydrogen (secondary N) is 1. The molecular weight excluding hydrogens is 321 g/mol. The number of likely N-dealkylation sites (N-methyl/N-ethyl adjacent to an activating group) is 1. The van der Waals surface area contributed by atoms with Gasteiger partial charge in [-0.25, -0.2) is 0 Å². The molecule has 0 bridgehead atoms. The van der Waals surface area contributed by atoms with Crippen LogP contribution in [-0.2, 0) is 4.79 Å². The van der Waals surface area contributed by atoms with Gasteiger partial charge in [-0.05, 0) is 31.2 Å². The van der Waals surface area contributed by atoms with Crippen LogP contribution in [0.25, 0.3) is 0 Å². The molecule has 0 spiro atoms. The molecule has 0 aliphatic carbocycles. The van der Waals surface area contributed by atoms with Gasteiger partial charge in [-0.1, -0.05) is 36.2 Å². The first-order chi connectivity index (χ1) is 10.5. The van der Waals surface area contributed by atoms with E-state index in [0.29, 0.717) is 16.6 Å². The number of carbonyl (C=O) groups excluding carboxylic acids is 1. The minimum atomic E-state index is -0.130. The lowest BCUT2D eigenvalue weighted by molar-refractivity contribution is -0.123. The SMILES string of the molecule is CCN1CCN(CC(=O)N[C@H](C)c2ccc(Cl)cc2Cl)CC1. The molecule has 1 N–H and O–H groups in total. The third-order valence-corrected chi connectivity index (χ3v) is 4.65. The molecule has 1 aromatic rings. The van der Waals surface area contributed by atoms with Crippen LogP contribution in [0.1, 0.15) is 25.5 Å². The van der Waals surface area contributed by atoms with Crippen LogP contribution in [0.15, 0.2) is 18.2 Å². The third kappa shape index (κ3) is 4.85. The van der Waals surface area contributed by atoms with Gasteiger partial charge in [0.15, 0.2) is 0 Å². The molecule has 1 aliphatic rings. The largest absolute Gasteiger partial charge is 0.348 e. The second-order valence-electron chi connectivity index (χ2n) is 5.67. The molecule has 1 amide bonds. The molecule has 2 rings (SSSR count). The summed E-state index contributed by atoms with van der Waals surface area (Å²) in [5.41, 5.74) is 0.884. The van der Waals surface area contributed by atoms with Crippen molar-refractivity contribution in [2.75, 3.05) is 39.3 Å². The number of hydrogen-bond donors (Lipinski definition) is 1. The average molecular weight is 344 g/mol. The summed E-state index contributed by atoms with van der Waals surface area (Å²) in [7, 11) is 0. The Morgan fingerprint density at radius 2 is 1.86 bits per heavy atom. The lowest BCUT2D eigenvalue weighted by Crippen LogP contribution is -2.49. The van der Waals surface area contributed by atoms with Gasteiger partial charge in [0.05, 0.1) is 12.6 Å². The van der Waals surface area contributed by atoms with Gasteiger partial charge in [-0.15, -0.1) is 0 Å². The lowest BCUT2D eigenvalue weighted by Gasteiger charge is -2.33. The maximum absolute atomic E-state index is 12.2. The zero-order chi connectivity index (χ0) is 16.1. The predicted molar refractivity (Wildman–Crippen MR) is 91.6 cm³/mol. The Hall–Kier alpha value is -0.810. The molecule has 6 heteroatoms. The molecule has 1 aliphatic heterocycles. The Bertz CT molecular complexity index is 516. The van der Waals surface area contributed by atoms with Crippen molar-refractivity contribution in [1.82, 2.24) is 15.1 Å². The predicted octanol–water partition coefficient (Wildman–Crippen LogP) is 2.81. The highest BCUT2D eigenvalue weighted by Gasteiger charge is 2.19. The topological polar surface area (TPSA) is 35.6 Å². The zero-order valence-corrected chi connectivity index (χ0v) is 14.6. The van der Waals surface area contributed by atoms with Crippen molar-refractivity contribution in [3.8, 4) is 0 Å². The van der Waals surface area contributed by atoms with Crippen LogP contribution >= 0.6 is 23.2 Å². The fraction of sp³-hybridized carbons (Fsp3) is 0.562. The fourth-order valence-corrected chi connectivity index (χ4v) is 3.26. The Morgan fingerprint density at radius 1 is 1.23 bits per heavy atom. The summed E-state index contributed by atoms with van der Waals surface area (Å²) in [6, 6.07) is 5.21. The lowest BCUT2D eigenvalue weighted by atomic mass is 10.1. The molecule has 4 nitrogen and oxygen atoms in total. The summed E-state index contributed by atoms with van der Waals surface area (Å²) < 4.78 is 0. The van der Waals surface area contributed by atoms with Gasteiger partial charge in [0, 0.05) is 36.2 Å². The van der Waals surface area contributed by atoms with E-state index in [-0.39, 0.29) is 11.9 Å². The summed E-state index contributed by atoms with van der Waals surface area (Å²) in [5.74, 6) is 0.0310. The van der Waals surface area contributed by atoms with E-state index in [1.807, 2.05) is 13.0 Å². The van der Waals surface area contributed by atoms with Crippen LogP contribution in [-0.4, -0.2) is 55.0 Å². The number of amides is 1. The normalized spacial score (nSPS) is 18.2. The van der Waals surface area contributed by atoms with E-state index in [1.165, 1.54) is 0 Å². The van der Waals surface area contributed by atoms with E-state index in [2.05, 4.69) is 22.0 Å². The molecule has 0 saturated carbocycles. The van der Waals surface area contributed by atoms with Crippen molar-refractivity contribution in [2.45, 2.75) is 19.9 Å². The van der Waals surface area contributed by atoms with Gasteiger partial charge in [-0.2, -0.15) is 0 Å². The minimum absolute atomic E-state index is 0.0310. The average Bonchev–Trinajstić information content (AvgIpc) is 2.47. The van der Waals surface area contributed by atoms with Crippen molar-refractivity contribution < 1.29 is 4.79 Å². The number of hydrogen-bond acceptors (Lipinski definition) is 3. The number of rotatable bonds is 5. The Balaban J connectivity index is 1.84. The van der Waals surface area contributed by atoms with Gasteiger partial charge < -0.3 is 10.2 Å². The van der Waals surface area contributed by atoms with Gasteiger partial charge in [0.25, 0.3) is 0 Å². The summed E-state index contributed by atoms with van der Waals surface area (Å²) in [5, 5.41) is 4.19. The monoisotopic (exact) mass is 343 g/mol. The molecule has 1 heterocycles. The van der Waals surface area contributed by atoms with Crippen LogP contribution < -0.4 is 5.32 Å². The summed E-state index contributed by atoms with van der Waals surface area (Å²) in [4.78, 5) is 16.8. The second-order valence-corrected chi connectivity index (χ2v) is 6.51. The van der Waals surface area contributed by atoms with Crippen molar-refractivity contribution >= 4 is 29.1 Å². The number of benzene rings is 1. The molecule has 0 unspecified atom stereocenters. The molecule has 1 fully saturated rings. The Labute approximate surface area is 142 Å². The van der Waals surface area contributed by atoms with E-state index < -0.39 is 0 Å². The highest BCUT2D eigenvalue weighted by Crippen LogP contribution is 2.26. The summed E-state index contributed by atoms with van der Waals surface area (Å²) in [6.07, 6.45) is 0. The molecule has 122 valence electrons. The zero-order valence-electron chi connectivity index (χ0n) is 13.1. The molecule has 1 saturated heterocycles. The number of halogens is 2. The molecule has 1 atom stereocenters. The molecule has 0 aromatic heterocycles. The van der Waals surface area contributed by atoms with Gasteiger partial charge in [0.2, 0.25) is 5.91 Å². The van der Waals surface area contributed by atoms with Crippen LogP contribution in [0.4, 0.5) is 0 Å². The van der Waals surface area contributed by atoms with E-state index in [4.69, 9.17) is 23.2 Å². The molecule has 0 radical (unpaired) electrons. The van der Waals surface area contributed by atoms with Crippen molar-refractivity contribution in [2.24, 2.45) is 0 Å². The van der Waals surface area contributed by atoms with E-state index in [9.17, 15) is 4.79 Å². The first-order valence-corrected chi connectivity index (χ1v) is 8.44. The van der Waals surface area contributed by atoms with E-state index in [0.717, 1.165) is 38.3 Å². The first kappa shape index (κ1) is 17.5. The van der Waals surface area contributed by atoms with E-state index >= 15 is 0 Å². The van der Waals surface area contributed by atoms with Crippen LogP contribution in [0.2, 0.25) is 10.0 Å². The minimum Gasteiger partial charge on any atom is -0.348 e. The maximum Gasteiger partial charge on any atom is 0.234 e. The highest BCUT2D eigenvalue weighted by molar-refractivity contribution is 6.35. The first-order valence-electron chi connectivity index (χ1n) is 7.68. The molecule has 22 heavy (non-hydrogen) atoms. The standard InChI is InChI=1S/C16H23Cl2N3O/c1-3-20-6-8-21(9-7-20)11-16(22)19-12(2)14-5-4-13(17)10-15(14)18/h4-5,10,12H,3,6-9,11H2,1-2H3,(H,19,22)/t12-/m1/s1. The molecule has 1 aromatic carbocycles. The Kier molecular flexibility index (Phi) is 6.50. The van der Waals surface area contributed by atoms with Crippen LogP contribution in [0.5, 0.6) is 0 Å². The number of piperazine rings is 1. The number of nitrogens with zero attached hydrogens (tertiary/aromatic N) is 2. The summed E-state index contributed by atoms with van der Waals surface area (Å²) >= 11 is 12.1. The maximum atomic E-state index is 12.2. The van der Waals surface area contributed by atoms with Crippen LogP contribution in [0, 0.1) is 0 Å². The van der Waals surface area contributed by atoms with Gasteiger partial charge in [0.1, 0.15) is 0 Å².